The molecule has 1 amide bonds. The van der Waals surface area contributed by atoms with Gasteiger partial charge >= 0.3 is 0 Å². The summed E-state index contributed by atoms with van der Waals surface area (Å²) in [6, 6.07) is -0.993. The van der Waals surface area contributed by atoms with Gasteiger partial charge in [-0.2, -0.15) is 0 Å². The molecule has 0 saturated heterocycles. The Hall–Kier alpha value is -0.950. The van der Waals surface area contributed by atoms with E-state index in [0.29, 0.717) is 12.8 Å². The minimum absolute atomic E-state index is 0.362. The second-order valence-corrected chi connectivity index (χ2v) is 12.6. The Kier molecular flexibility index (Phi) is 30.8. The van der Waals surface area contributed by atoms with E-state index in [4.69, 9.17) is 0 Å². The Morgan fingerprint density at radius 2 is 0.976 bits per heavy atom. The van der Waals surface area contributed by atoms with E-state index in [9.17, 15) is 25.2 Å². The molecule has 0 aliphatic heterocycles. The fourth-order valence-corrected chi connectivity index (χ4v) is 5.52. The van der Waals surface area contributed by atoms with Crippen molar-refractivity contribution in [2.75, 3.05) is 6.61 Å². The summed E-state index contributed by atoms with van der Waals surface area (Å²) in [5.41, 5.74) is 0. The van der Waals surface area contributed by atoms with E-state index in [1.54, 1.807) is 0 Å². The minimum atomic E-state index is -1.27. The number of hydrogen-bond donors (Lipinski definition) is 5. The van der Waals surface area contributed by atoms with Gasteiger partial charge in [-0.3, -0.25) is 4.79 Å². The van der Waals surface area contributed by atoms with Crippen LogP contribution in [0, 0.1) is 0 Å². The molecule has 0 spiro atoms. The summed E-state index contributed by atoms with van der Waals surface area (Å²) in [6.07, 6.45) is 31.3. The van der Waals surface area contributed by atoms with Crippen molar-refractivity contribution in [3.05, 3.63) is 12.2 Å². The number of amides is 1. The summed E-state index contributed by atoms with van der Waals surface area (Å²) >= 11 is 0. The summed E-state index contributed by atoms with van der Waals surface area (Å²) in [7, 11) is 0. The third-order valence-electron chi connectivity index (χ3n) is 8.48. The number of aliphatic hydroxyl groups is 4. The lowest BCUT2D eigenvalue weighted by molar-refractivity contribution is -0.132. The lowest BCUT2D eigenvalue weighted by atomic mass is 10.00. The van der Waals surface area contributed by atoms with Gasteiger partial charge in [0.1, 0.15) is 12.2 Å². The predicted octanol–water partition coefficient (Wildman–Crippen LogP) is 8.28. The number of aliphatic hydroxyl groups excluding tert-OH is 4. The van der Waals surface area contributed by atoms with Gasteiger partial charge in [0, 0.05) is 0 Å². The molecule has 42 heavy (non-hydrogen) atoms. The predicted molar refractivity (Wildman–Crippen MR) is 178 cm³/mol. The summed E-state index contributed by atoms with van der Waals surface area (Å²) in [4.78, 5) is 12.3. The van der Waals surface area contributed by atoms with E-state index in [2.05, 4.69) is 31.3 Å². The molecule has 0 rings (SSSR count). The quantitative estimate of drug-likeness (QED) is 0.0396. The minimum Gasteiger partial charge on any atom is -0.394 e. The third-order valence-corrected chi connectivity index (χ3v) is 8.48. The maximum atomic E-state index is 12.3. The van der Waals surface area contributed by atoms with Gasteiger partial charge in [-0.05, 0) is 38.5 Å². The topological polar surface area (TPSA) is 110 Å². The lowest BCUT2D eigenvalue weighted by Crippen LogP contribution is -2.53. The number of allylic oxidation sites excluding steroid dienone is 2. The van der Waals surface area contributed by atoms with Crippen molar-refractivity contribution in [3.8, 4) is 0 Å². The van der Waals surface area contributed by atoms with Crippen LogP contribution < -0.4 is 5.32 Å². The highest BCUT2D eigenvalue weighted by molar-refractivity contribution is 5.80. The second-order valence-electron chi connectivity index (χ2n) is 12.6. The molecule has 0 aromatic rings. The summed E-state index contributed by atoms with van der Waals surface area (Å²) in [5, 5.41) is 43.1. The van der Waals surface area contributed by atoms with Crippen LogP contribution in [0.4, 0.5) is 0 Å². The van der Waals surface area contributed by atoms with Crippen LogP contribution >= 0.6 is 0 Å². The monoisotopic (exact) mass is 598 g/mol. The smallest absolute Gasteiger partial charge is 0.249 e. The van der Waals surface area contributed by atoms with Gasteiger partial charge in [-0.15, -0.1) is 0 Å². The van der Waals surface area contributed by atoms with Crippen molar-refractivity contribution in [3.63, 3.8) is 0 Å². The first-order valence-electron chi connectivity index (χ1n) is 18.1. The SMILES string of the molecule is CCCCCCCCCCCCCCCCCC=CCCCC(O)C(O)C(CO)NC(=O)C(O)CCCCCCCC. The molecule has 0 radical (unpaired) electrons. The summed E-state index contributed by atoms with van der Waals surface area (Å²) < 4.78 is 0. The molecule has 0 bridgehead atoms. The Morgan fingerprint density at radius 1 is 0.571 bits per heavy atom. The van der Waals surface area contributed by atoms with Crippen LogP contribution in [-0.2, 0) is 4.79 Å². The van der Waals surface area contributed by atoms with Crippen LogP contribution in [0.15, 0.2) is 12.2 Å². The Balaban J connectivity index is 3.74. The van der Waals surface area contributed by atoms with Gasteiger partial charge < -0.3 is 25.7 Å². The Morgan fingerprint density at radius 3 is 1.43 bits per heavy atom. The molecule has 0 heterocycles. The van der Waals surface area contributed by atoms with Crippen LogP contribution in [-0.4, -0.2) is 57.3 Å². The number of unbranched alkanes of at least 4 members (excludes halogenated alkanes) is 21. The number of nitrogens with one attached hydrogen (secondary N) is 1. The Bertz CT molecular complexity index is 599. The van der Waals surface area contributed by atoms with Crippen LogP contribution in [0.5, 0.6) is 0 Å². The number of carbonyl (C=O) groups excluding carboxylic acids is 1. The highest BCUT2D eigenvalue weighted by Crippen LogP contribution is 2.15. The zero-order valence-electron chi connectivity index (χ0n) is 27.8. The van der Waals surface area contributed by atoms with Crippen molar-refractivity contribution in [2.24, 2.45) is 0 Å². The van der Waals surface area contributed by atoms with Crippen molar-refractivity contribution >= 4 is 5.91 Å². The lowest BCUT2D eigenvalue weighted by Gasteiger charge is -2.27. The molecule has 0 fully saturated rings. The van der Waals surface area contributed by atoms with Gasteiger partial charge in [-0.25, -0.2) is 0 Å². The molecule has 6 nitrogen and oxygen atoms in total. The fraction of sp³-hybridized carbons (Fsp3) is 0.917. The molecule has 0 aliphatic carbocycles. The van der Waals surface area contributed by atoms with Gasteiger partial charge in [0.05, 0.1) is 18.8 Å². The van der Waals surface area contributed by atoms with Crippen molar-refractivity contribution < 1.29 is 25.2 Å². The fourth-order valence-electron chi connectivity index (χ4n) is 5.52. The standard InChI is InChI=1S/C36H71NO5/c1-3-5-7-9-11-12-13-14-15-16-17-18-19-20-21-22-23-24-26-27-29-33(39)35(41)32(31-38)37-36(42)34(40)30-28-25-10-8-6-4-2/h23-24,32-35,38-41H,3-22,25-31H2,1-2H3,(H,37,42). The van der Waals surface area contributed by atoms with Crippen molar-refractivity contribution in [1.29, 1.82) is 0 Å². The van der Waals surface area contributed by atoms with Crippen LogP contribution in [0.3, 0.4) is 0 Å². The summed E-state index contributed by atoms with van der Waals surface area (Å²) in [5.74, 6) is -0.601. The molecule has 250 valence electrons. The normalized spacial score (nSPS) is 14.7. The maximum absolute atomic E-state index is 12.3. The maximum Gasteiger partial charge on any atom is 0.249 e. The molecule has 6 heteroatoms. The third kappa shape index (κ3) is 25.5. The average Bonchev–Trinajstić information content (AvgIpc) is 2.99. The number of rotatable bonds is 32. The number of carbonyl (C=O) groups is 1. The molecular formula is C36H71NO5. The first-order chi connectivity index (χ1) is 20.5. The van der Waals surface area contributed by atoms with E-state index in [0.717, 1.165) is 38.5 Å². The molecule has 4 unspecified atom stereocenters. The molecule has 0 aliphatic rings. The van der Waals surface area contributed by atoms with Crippen molar-refractivity contribution in [1.82, 2.24) is 5.32 Å². The van der Waals surface area contributed by atoms with Crippen LogP contribution in [0.2, 0.25) is 0 Å². The van der Waals surface area contributed by atoms with E-state index < -0.39 is 36.9 Å². The second kappa shape index (κ2) is 31.5. The molecule has 4 atom stereocenters. The van der Waals surface area contributed by atoms with E-state index >= 15 is 0 Å². The highest BCUT2D eigenvalue weighted by Gasteiger charge is 2.28. The van der Waals surface area contributed by atoms with Crippen molar-refractivity contribution in [2.45, 2.75) is 205 Å². The van der Waals surface area contributed by atoms with Gasteiger partial charge in [0.2, 0.25) is 5.91 Å². The highest BCUT2D eigenvalue weighted by atomic mass is 16.3. The zero-order chi connectivity index (χ0) is 31.1. The summed E-state index contributed by atoms with van der Waals surface area (Å²) in [6.45, 7) is 3.95. The average molecular weight is 598 g/mol. The van der Waals surface area contributed by atoms with Crippen LogP contribution in [0.1, 0.15) is 181 Å². The van der Waals surface area contributed by atoms with E-state index in [-0.39, 0.29) is 0 Å². The largest absolute Gasteiger partial charge is 0.394 e. The Labute approximate surface area is 260 Å². The molecule has 0 aromatic carbocycles. The van der Waals surface area contributed by atoms with Crippen LogP contribution in [0.25, 0.3) is 0 Å². The van der Waals surface area contributed by atoms with Gasteiger partial charge in [0.25, 0.3) is 0 Å². The van der Waals surface area contributed by atoms with Gasteiger partial charge in [-0.1, -0.05) is 154 Å². The molecule has 0 saturated carbocycles. The first kappa shape index (κ1) is 41.0. The molecule has 0 aromatic heterocycles. The van der Waals surface area contributed by atoms with Gasteiger partial charge in [0.15, 0.2) is 0 Å². The zero-order valence-corrected chi connectivity index (χ0v) is 27.8. The first-order valence-corrected chi connectivity index (χ1v) is 18.1. The molecular weight excluding hydrogens is 526 g/mol. The number of hydrogen-bond acceptors (Lipinski definition) is 5. The molecule has 5 N–H and O–H groups in total. The van der Waals surface area contributed by atoms with E-state index in [1.165, 1.54) is 116 Å². The van der Waals surface area contributed by atoms with E-state index in [1.807, 2.05) is 0 Å².